The van der Waals surface area contributed by atoms with Crippen molar-refractivity contribution < 1.29 is 22.4 Å². The first kappa shape index (κ1) is 24.3. The number of hydrogen-bond acceptors (Lipinski definition) is 5. The number of sulfonamides is 1. The Hall–Kier alpha value is -3.88. The van der Waals surface area contributed by atoms with Crippen molar-refractivity contribution in [2.24, 2.45) is 5.14 Å². The van der Waals surface area contributed by atoms with E-state index in [2.05, 4.69) is 5.32 Å². The molecular weight excluding hydrogens is 464 g/mol. The molecule has 7 nitrogen and oxygen atoms in total. The molecule has 0 saturated heterocycles. The van der Waals surface area contributed by atoms with Crippen LogP contribution in [0.5, 0.6) is 5.75 Å². The van der Waals surface area contributed by atoms with Crippen LogP contribution < -0.4 is 15.2 Å². The number of furan rings is 1. The van der Waals surface area contributed by atoms with Crippen molar-refractivity contribution in [2.75, 3.05) is 11.9 Å². The largest absolute Gasteiger partial charge is 0.493 e. The molecule has 0 bridgehead atoms. The zero-order valence-electron chi connectivity index (χ0n) is 19.7. The van der Waals surface area contributed by atoms with Crippen LogP contribution >= 0.6 is 0 Å². The van der Waals surface area contributed by atoms with Crippen LogP contribution in [0.15, 0.2) is 82.3 Å². The maximum atomic E-state index is 12.7. The minimum atomic E-state index is -3.88. The first-order valence-corrected chi connectivity index (χ1v) is 12.6. The topological polar surface area (TPSA) is 112 Å². The lowest BCUT2D eigenvalue weighted by Crippen LogP contribution is -2.13. The monoisotopic (exact) mass is 490 g/mol. The average molecular weight is 491 g/mol. The number of fused-ring (bicyclic) bond motifs is 1. The first-order valence-electron chi connectivity index (χ1n) is 11.0. The van der Waals surface area contributed by atoms with Crippen LogP contribution in [0.4, 0.5) is 5.69 Å². The predicted molar refractivity (Wildman–Crippen MR) is 138 cm³/mol. The summed E-state index contributed by atoms with van der Waals surface area (Å²) in [6.07, 6.45) is 3.16. The number of anilines is 1. The summed E-state index contributed by atoms with van der Waals surface area (Å²) in [4.78, 5) is 12.7. The highest BCUT2D eigenvalue weighted by Crippen LogP contribution is 2.37. The van der Waals surface area contributed by atoms with Gasteiger partial charge in [0.1, 0.15) is 11.3 Å². The smallest absolute Gasteiger partial charge is 0.248 e. The Morgan fingerprint density at radius 3 is 2.54 bits per heavy atom. The molecule has 35 heavy (non-hydrogen) atoms. The summed E-state index contributed by atoms with van der Waals surface area (Å²) in [6.45, 7) is 6.19. The highest BCUT2D eigenvalue weighted by atomic mass is 32.2. The molecule has 3 aromatic carbocycles. The number of carbonyl (C=O) groups excluding carboxylic acids is 1. The van der Waals surface area contributed by atoms with E-state index in [1.165, 1.54) is 29.8 Å². The average Bonchev–Trinajstić information content (AvgIpc) is 3.21. The van der Waals surface area contributed by atoms with Gasteiger partial charge in [-0.2, -0.15) is 0 Å². The molecule has 0 aliphatic heterocycles. The quantitative estimate of drug-likeness (QED) is 0.333. The number of rotatable bonds is 7. The van der Waals surface area contributed by atoms with Crippen molar-refractivity contribution in [3.8, 4) is 16.9 Å². The van der Waals surface area contributed by atoms with Crippen molar-refractivity contribution in [1.82, 2.24) is 0 Å². The van der Waals surface area contributed by atoms with Gasteiger partial charge in [-0.05, 0) is 56.2 Å². The number of hydrogen-bond donors (Lipinski definition) is 2. The third-order valence-corrected chi connectivity index (χ3v) is 6.45. The zero-order chi connectivity index (χ0) is 25.2. The number of amides is 1. The molecule has 1 heterocycles. The number of carbonyl (C=O) groups is 1. The van der Waals surface area contributed by atoms with E-state index in [0.29, 0.717) is 29.2 Å². The zero-order valence-corrected chi connectivity index (χ0v) is 20.5. The summed E-state index contributed by atoms with van der Waals surface area (Å²) in [7, 11) is -3.88. The molecule has 180 valence electrons. The summed E-state index contributed by atoms with van der Waals surface area (Å²) >= 11 is 0. The van der Waals surface area contributed by atoms with E-state index in [1.807, 2.05) is 57.2 Å². The lowest BCUT2D eigenvalue weighted by Gasteiger charge is -2.12. The van der Waals surface area contributed by atoms with E-state index in [4.69, 9.17) is 14.3 Å². The SMILES string of the molecule is CCOc1cc2occ(-c3ccc(C)cc3)c2cc1/C(C)=C/C(=O)Nc1cccc(S(N)(=O)=O)c1. The van der Waals surface area contributed by atoms with Gasteiger partial charge in [0.15, 0.2) is 0 Å². The van der Waals surface area contributed by atoms with Gasteiger partial charge in [0.2, 0.25) is 15.9 Å². The molecule has 0 aliphatic rings. The second-order valence-corrected chi connectivity index (χ2v) is 9.74. The Morgan fingerprint density at radius 1 is 1.11 bits per heavy atom. The highest BCUT2D eigenvalue weighted by Gasteiger charge is 2.16. The second kappa shape index (κ2) is 9.77. The number of ether oxygens (including phenoxy) is 1. The number of nitrogens with one attached hydrogen (secondary N) is 1. The number of primary sulfonamides is 1. The number of nitrogens with two attached hydrogens (primary N) is 1. The molecule has 1 amide bonds. The van der Waals surface area contributed by atoms with Gasteiger partial charge in [0.25, 0.3) is 0 Å². The van der Waals surface area contributed by atoms with Crippen LogP contribution in [-0.2, 0) is 14.8 Å². The second-order valence-electron chi connectivity index (χ2n) is 8.18. The summed E-state index contributed by atoms with van der Waals surface area (Å²) in [5.74, 6) is 0.185. The van der Waals surface area contributed by atoms with E-state index in [-0.39, 0.29) is 4.90 Å². The molecule has 8 heteroatoms. The van der Waals surface area contributed by atoms with Crippen molar-refractivity contribution in [2.45, 2.75) is 25.7 Å². The van der Waals surface area contributed by atoms with Crippen LogP contribution in [-0.4, -0.2) is 20.9 Å². The Bertz CT molecular complexity index is 1530. The van der Waals surface area contributed by atoms with Gasteiger partial charge in [0, 0.05) is 34.3 Å². The van der Waals surface area contributed by atoms with Crippen LogP contribution in [0.2, 0.25) is 0 Å². The summed E-state index contributed by atoms with van der Waals surface area (Å²) in [6, 6.07) is 17.7. The van der Waals surface area contributed by atoms with Gasteiger partial charge < -0.3 is 14.5 Å². The molecule has 0 unspecified atom stereocenters. The van der Waals surface area contributed by atoms with Crippen molar-refractivity contribution in [3.05, 3.63) is 84.1 Å². The van der Waals surface area contributed by atoms with Crippen LogP contribution in [0.3, 0.4) is 0 Å². The predicted octanol–water partition coefficient (Wildman–Crippen LogP) is 5.50. The minimum absolute atomic E-state index is 0.0799. The van der Waals surface area contributed by atoms with Crippen LogP contribution in [0.25, 0.3) is 27.7 Å². The Morgan fingerprint density at radius 2 is 1.86 bits per heavy atom. The van der Waals surface area contributed by atoms with Gasteiger partial charge in [-0.15, -0.1) is 0 Å². The van der Waals surface area contributed by atoms with Gasteiger partial charge in [-0.1, -0.05) is 35.9 Å². The minimum Gasteiger partial charge on any atom is -0.493 e. The molecule has 0 fully saturated rings. The molecule has 1 aromatic heterocycles. The van der Waals surface area contributed by atoms with Gasteiger partial charge in [0.05, 0.1) is 17.8 Å². The fraction of sp³-hybridized carbons (Fsp3) is 0.148. The van der Waals surface area contributed by atoms with Gasteiger partial charge >= 0.3 is 0 Å². The van der Waals surface area contributed by atoms with E-state index in [1.54, 1.807) is 12.3 Å². The van der Waals surface area contributed by atoms with E-state index >= 15 is 0 Å². The molecule has 0 radical (unpaired) electrons. The maximum Gasteiger partial charge on any atom is 0.248 e. The molecule has 0 saturated carbocycles. The van der Waals surface area contributed by atoms with E-state index < -0.39 is 15.9 Å². The highest BCUT2D eigenvalue weighted by molar-refractivity contribution is 7.89. The van der Waals surface area contributed by atoms with E-state index in [9.17, 15) is 13.2 Å². The van der Waals surface area contributed by atoms with Gasteiger partial charge in [-0.3, -0.25) is 4.79 Å². The third kappa shape index (κ3) is 5.45. The lowest BCUT2D eigenvalue weighted by atomic mass is 9.98. The summed E-state index contributed by atoms with van der Waals surface area (Å²) < 4.78 is 34.8. The molecule has 0 spiro atoms. The number of benzene rings is 3. The molecule has 0 aliphatic carbocycles. The van der Waals surface area contributed by atoms with Crippen LogP contribution in [0.1, 0.15) is 25.0 Å². The van der Waals surface area contributed by atoms with Crippen molar-refractivity contribution in [1.29, 1.82) is 0 Å². The fourth-order valence-corrected chi connectivity index (χ4v) is 4.36. The standard InChI is InChI=1S/C27H26N2O5S/c1-4-33-25-15-26-23(24(16-34-26)19-10-8-17(2)9-11-19)14-22(25)18(3)12-27(30)29-20-6-5-7-21(13-20)35(28,31)32/h5-16H,4H2,1-3H3,(H,29,30)(H2,28,31,32)/b18-12+. The maximum absolute atomic E-state index is 12.7. The molecule has 3 N–H and O–H groups in total. The Labute approximate surface area is 204 Å². The Balaban J connectivity index is 1.70. The third-order valence-electron chi connectivity index (χ3n) is 5.54. The summed E-state index contributed by atoms with van der Waals surface area (Å²) in [5.41, 5.74) is 5.57. The Kier molecular flexibility index (Phi) is 6.77. The number of aryl methyl sites for hydroxylation is 1. The molecular formula is C27H26N2O5S. The number of allylic oxidation sites excluding steroid dienone is 1. The van der Waals surface area contributed by atoms with E-state index in [0.717, 1.165) is 22.1 Å². The first-order chi connectivity index (χ1) is 16.7. The fourth-order valence-electron chi connectivity index (χ4n) is 3.80. The summed E-state index contributed by atoms with van der Waals surface area (Å²) in [5, 5.41) is 8.77. The van der Waals surface area contributed by atoms with Crippen molar-refractivity contribution in [3.63, 3.8) is 0 Å². The molecule has 0 atom stereocenters. The molecule has 4 aromatic rings. The lowest BCUT2D eigenvalue weighted by molar-refractivity contribution is -0.111. The van der Waals surface area contributed by atoms with Crippen molar-refractivity contribution >= 4 is 38.2 Å². The molecule has 4 rings (SSSR count). The van der Waals surface area contributed by atoms with Crippen LogP contribution in [0, 0.1) is 6.92 Å². The van der Waals surface area contributed by atoms with Gasteiger partial charge in [-0.25, -0.2) is 13.6 Å². The normalized spacial score (nSPS) is 12.1.